The first-order valence-corrected chi connectivity index (χ1v) is 10.0. The molecule has 0 aliphatic carbocycles. The van der Waals surface area contributed by atoms with Crippen LogP contribution in [0.1, 0.15) is 19.2 Å². The summed E-state index contributed by atoms with van der Waals surface area (Å²) in [4.78, 5) is 28.3. The molecule has 0 saturated carbocycles. The Morgan fingerprint density at radius 2 is 1.97 bits per heavy atom. The van der Waals surface area contributed by atoms with Gasteiger partial charge < -0.3 is 19.2 Å². The van der Waals surface area contributed by atoms with Crippen molar-refractivity contribution in [1.29, 1.82) is 0 Å². The summed E-state index contributed by atoms with van der Waals surface area (Å²) >= 11 is 5.84. The maximum Gasteiger partial charge on any atom is 0.387 e. The Bertz CT molecular complexity index is 1140. The molecule has 0 fully saturated rings. The standard InChI is InChI=1S/C22H18ClF3N2O5/c1-12(21(30)28-13-6-7-17(15(23)10-13)33-22(25)26)31-20(29)9-8-19-27-11-18(32-19)14-4-2-3-5-16(14)24/h2-7,10-12,22H,8-9H2,1H3,(H,28,30)/t12-/m1/s1. The maximum atomic E-state index is 13.8. The van der Waals surface area contributed by atoms with E-state index in [4.69, 9.17) is 20.8 Å². The predicted molar refractivity (Wildman–Crippen MR) is 112 cm³/mol. The molecule has 0 saturated heterocycles. The summed E-state index contributed by atoms with van der Waals surface area (Å²) in [6, 6.07) is 9.75. The molecule has 0 bridgehead atoms. The second-order valence-electron chi connectivity index (χ2n) is 6.74. The van der Waals surface area contributed by atoms with E-state index in [0.717, 1.165) is 0 Å². The van der Waals surface area contributed by atoms with E-state index < -0.39 is 30.4 Å². The van der Waals surface area contributed by atoms with Crippen LogP contribution in [0, 0.1) is 5.82 Å². The highest BCUT2D eigenvalue weighted by molar-refractivity contribution is 6.32. The van der Waals surface area contributed by atoms with Crippen LogP contribution in [0.15, 0.2) is 53.1 Å². The molecule has 33 heavy (non-hydrogen) atoms. The number of oxazole rings is 1. The van der Waals surface area contributed by atoms with E-state index in [0.29, 0.717) is 0 Å². The number of amides is 1. The van der Waals surface area contributed by atoms with Crippen molar-refractivity contribution in [3.8, 4) is 17.1 Å². The van der Waals surface area contributed by atoms with Crippen molar-refractivity contribution < 1.29 is 36.7 Å². The third-order valence-corrected chi connectivity index (χ3v) is 4.62. The molecule has 0 spiro atoms. The van der Waals surface area contributed by atoms with E-state index in [1.807, 2.05) is 0 Å². The van der Waals surface area contributed by atoms with Gasteiger partial charge in [0.2, 0.25) is 0 Å². The first kappa shape index (κ1) is 24.1. The first-order chi connectivity index (χ1) is 15.7. The van der Waals surface area contributed by atoms with Crippen molar-refractivity contribution >= 4 is 29.2 Å². The van der Waals surface area contributed by atoms with Gasteiger partial charge in [-0.15, -0.1) is 0 Å². The van der Waals surface area contributed by atoms with Gasteiger partial charge in [-0.3, -0.25) is 9.59 Å². The number of hydrogen-bond acceptors (Lipinski definition) is 6. The number of rotatable bonds is 9. The number of nitrogens with zero attached hydrogens (tertiary/aromatic N) is 1. The van der Waals surface area contributed by atoms with Crippen LogP contribution >= 0.6 is 11.6 Å². The number of aryl methyl sites for hydroxylation is 1. The van der Waals surface area contributed by atoms with Crippen LogP contribution in [-0.2, 0) is 20.7 Å². The van der Waals surface area contributed by atoms with Crippen molar-refractivity contribution in [2.45, 2.75) is 32.5 Å². The highest BCUT2D eigenvalue weighted by Gasteiger charge is 2.20. The summed E-state index contributed by atoms with van der Waals surface area (Å²) in [5.41, 5.74) is 0.452. The monoisotopic (exact) mass is 482 g/mol. The lowest BCUT2D eigenvalue weighted by atomic mass is 10.2. The number of esters is 1. The summed E-state index contributed by atoms with van der Waals surface area (Å²) in [5.74, 6) is -1.59. The van der Waals surface area contributed by atoms with Crippen LogP contribution in [0.4, 0.5) is 18.9 Å². The molecule has 11 heteroatoms. The number of carbonyl (C=O) groups is 2. The Labute approximate surface area is 191 Å². The van der Waals surface area contributed by atoms with Gasteiger partial charge >= 0.3 is 12.6 Å². The lowest BCUT2D eigenvalue weighted by molar-refractivity contribution is -0.153. The highest BCUT2D eigenvalue weighted by Crippen LogP contribution is 2.29. The average molecular weight is 483 g/mol. The van der Waals surface area contributed by atoms with Gasteiger partial charge in [-0.05, 0) is 37.3 Å². The third-order valence-electron chi connectivity index (χ3n) is 4.33. The normalized spacial score (nSPS) is 11.8. The van der Waals surface area contributed by atoms with E-state index >= 15 is 0 Å². The molecular formula is C22H18ClF3N2O5. The molecule has 7 nitrogen and oxygen atoms in total. The number of anilines is 1. The fraction of sp³-hybridized carbons (Fsp3) is 0.227. The molecule has 3 rings (SSSR count). The molecule has 0 aliphatic rings. The number of nitrogens with one attached hydrogen (secondary N) is 1. The molecular weight excluding hydrogens is 465 g/mol. The first-order valence-electron chi connectivity index (χ1n) is 9.67. The van der Waals surface area contributed by atoms with Crippen LogP contribution in [0.2, 0.25) is 5.02 Å². The van der Waals surface area contributed by atoms with Crippen molar-refractivity contribution in [2.24, 2.45) is 0 Å². The van der Waals surface area contributed by atoms with E-state index in [-0.39, 0.29) is 46.5 Å². The molecule has 0 unspecified atom stereocenters. The molecule has 2 aromatic carbocycles. The zero-order valence-corrected chi connectivity index (χ0v) is 17.9. The lowest BCUT2D eigenvalue weighted by Crippen LogP contribution is -2.30. The summed E-state index contributed by atoms with van der Waals surface area (Å²) < 4.78 is 53.2. The topological polar surface area (TPSA) is 90.7 Å². The minimum atomic E-state index is -3.04. The van der Waals surface area contributed by atoms with Crippen LogP contribution in [0.5, 0.6) is 5.75 Å². The van der Waals surface area contributed by atoms with Crippen LogP contribution < -0.4 is 10.1 Å². The van der Waals surface area contributed by atoms with Crippen molar-refractivity contribution in [1.82, 2.24) is 4.98 Å². The summed E-state index contributed by atoms with van der Waals surface area (Å²) in [7, 11) is 0. The molecule has 1 heterocycles. The summed E-state index contributed by atoms with van der Waals surface area (Å²) in [6.07, 6.45) is 0.174. The zero-order valence-electron chi connectivity index (χ0n) is 17.2. The van der Waals surface area contributed by atoms with Gasteiger partial charge in [-0.25, -0.2) is 9.37 Å². The van der Waals surface area contributed by atoms with Crippen LogP contribution in [-0.4, -0.2) is 29.6 Å². The third kappa shape index (κ3) is 6.72. The lowest BCUT2D eigenvalue weighted by Gasteiger charge is -2.14. The van der Waals surface area contributed by atoms with Gasteiger partial charge in [0.25, 0.3) is 5.91 Å². The summed E-state index contributed by atoms with van der Waals surface area (Å²) in [6.45, 7) is -1.67. The van der Waals surface area contributed by atoms with E-state index in [1.165, 1.54) is 37.4 Å². The van der Waals surface area contributed by atoms with Gasteiger partial charge in [0, 0.05) is 12.1 Å². The number of halogens is 4. The van der Waals surface area contributed by atoms with Gasteiger partial charge in [0.05, 0.1) is 23.2 Å². The maximum absolute atomic E-state index is 13.8. The highest BCUT2D eigenvalue weighted by atomic mass is 35.5. The predicted octanol–water partition coefficient (Wildman–Crippen LogP) is 5.24. The molecule has 1 amide bonds. The molecule has 0 radical (unpaired) electrons. The van der Waals surface area contributed by atoms with E-state index in [1.54, 1.807) is 18.2 Å². The smallest absolute Gasteiger partial charge is 0.387 e. The number of benzene rings is 2. The fourth-order valence-corrected chi connectivity index (χ4v) is 2.97. The quantitative estimate of drug-likeness (QED) is 0.419. The van der Waals surface area contributed by atoms with E-state index in [2.05, 4.69) is 15.0 Å². The molecule has 1 aromatic heterocycles. The average Bonchev–Trinajstić information content (AvgIpc) is 3.23. The fourth-order valence-electron chi connectivity index (χ4n) is 2.74. The Hall–Kier alpha value is -3.53. The molecule has 1 atom stereocenters. The van der Waals surface area contributed by atoms with Crippen molar-refractivity contribution in [3.63, 3.8) is 0 Å². The number of hydrogen-bond donors (Lipinski definition) is 1. The van der Waals surface area contributed by atoms with Gasteiger partial charge in [0.15, 0.2) is 17.8 Å². The Kier molecular flexibility index (Phi) is 7.94. The molecule has 0 aliphatic heterocycles. The zero-order chi connectivity index (χ0) is 24.0. The Balaban J connectivity index is 1.49. The molecule has 3 aromatic rings. The second kappa shape index (κ2) is 10.9. The number of aromatic nitrogens is 1. The molecule has 174 valence electrons. The van der Waals surface area contributed by atoms with Crippen molar-refractivity contribution in [2.75, 3.05) is 5.32 Å². The Morgan fingerprint density at radius 1 is 1.21 bits per heavy atom. The number of ether oxygens (including phenoxy) is 2. The minimum Gasteiger partial charge on any atom is -0.453 e. The van der Waals surface area contributed by atoms with Gasteiger partial charge in [-0.2, -0.15) is 8.78 Å². The SMILES string of the molecule is C[C@@H](OC(=O)CCc1ncc(-c2ccccc2F)o1)C(=O)Nc1ccc(OC(F)F)c(Cl)c1. The van der Waals surface area contributed by atoms with Crippen LogP contribution in [0.3, 0.4) is 0 Å². The van der Waals surface area contributed by atoms with Crippen LogP contribution in [0.25, 0.3) is 11.3 Å². The largest absolute Gasteiger partial charge is 0.453 e. The Morgan fingerprint density at radius 3 is 2.67 bits per heavy atom. The molecule has 1 N–H and O–H groups in total. The number of alkyl halides is 2. The second-order valence-corrected chi connectivity index (χ2v) is 7.15. The number of carbonyl (C=O) groups excluding carboxylic acids is 2. The van der Waals surface area contributed by atoms with Gasteiger partial charge in [0.1, 0.15) is 11.6 Å². The van der Waals surface area contributed by atoms with Gasteiger partial charge in [-0.1, -0.05) is 23.7 Å². The summed E-state index contributed by atoms with van der Waals surface area (Å²) in [5, 5.41) is 2.33. The van der Waals surface area contributed by atoms with E-state index in [9.17, 15) is 22.8 Å². The van der Waals surface area contributed by atoms with Crippen molar-refractivity contribution in [3.05, 3.63) is 65.4 Å². The minimum absolute atomic E-state index is 0.0861.